The lowest BCUT2D eigenvalue weighted by Gasteiger charge is -2.20. The van der Waals surface area contributed by atoms with E-state index >= 15 is 0 Å². The van der Waals surface area contributed by atoms with Gasteiger partial charge in [0.2, 0.25) is 0 Å². The fourth-order valence-electron chi connectivity index (χ4n) is 2.20. The quantitative estimate of drug-likeness (QED) is 0.821. The molecule has 0 radical (unpaired) electrons. The van der Waals surface area contributed by atoms with E-state index in [2.05, 4.69) is 42.8 Å². The van der Waals surface area contributed by atoms with Gasteiger partial charge < -0.3 is 4.74 Å². The zero-order valence-corrected chi connectivity index (χ0v) is 13.3. The first-order valence-electron chi connectivity index (χ1n) is 6.19. The number of hydrogen-bond acceptors (Lipinski definition) is 2. The second-order valence-corrected chi connectivity index (χ2v) is 5.43. The van der Waals surface area contributed by atoms with Gasteiger partial charge >= 0.3 is 0 Å². The highest BCUT2D eigenvalue weighted by Gasteiger charge is 2.19. The van der Waals surface area contributed by atoms with Gasteiger partial charge in [-0.1, -0.05) is 22.9 Å². The summed E-state index contributed by atoms with van der Waals surface area (Å²) in [5.41, 5.74) is 4.69. The molecule has 0 N–H and O–H groups in total. The van der Waals surface area contributed by atoms with E-state index in [0.717, 1.165) is 34.2 Å². The minimum Gasteiger partial charge on any atom is -0.496 e. The maximum absolute atomic E-state index is 9.13. The van der Waals surface area contributed by atoms with Gasteiger partial charge in [0.15, 0.2) is 0 Å². The van der Waals surface area contributed by atoms with Crippen molar-refractivity contribution in [2.24, 2.45) is 5.92 Å². The molecule has 1 rings (SSSR count). The van der Waals surface area contributed by atoms with Crippen molar-refractivity contribution in [2.45, 2.75) is 40.5 Å². The Balaban J connectivity index is 3.38. The summed E-state index contributed by atoms with van der Waals surface area (Å²) in [6.07, 6.45) is 1.62. The second-order valence-electron chi connectivity index (χ2n) is 4.64. The van der Waals surface area contributed by atoms with Crippen LogP contribution in [0.1, 0.15) is 35.6 Å². The molecule has 1 aromatic rings. The van der Waals surface area contributed by atoms with Crippen LogP contribution in [-0.2, 0) is 6.42 Å². The van der Waals surface area contributed by atoms with Crippen LogP contribution in [0.4, 0.5) is 0 Å². The molecule has 0 spiro atoms. The minimum atomic E-state index is 0.0478. The summed E-state index contributed by atoms with van der Waals surface area (Å²) in [7, 11) is 1.70. The Bertz CT molecular complexity index is 488. The molecule has 0 amide bonds. The Hall–Kier alpha value is -1.01. The summed E-state index contributed by atoms with van der Waals surface area (Å²) < 4.78 is 6.68. The Kier molecular flexibility index (Phi) is 5.22. The molecule has 3 heteroatoms. The molecule has 0 aliphatic heterocycles. The van der Waals surface area contributed by atoms with Crippen molar-refractivity contribution in [2.75, 3.05) is 7.11 Å². The van der Waals surface area contributed by atoms with Gasteiger partial charge in [0.1, 0.15) is 5.75 Å². The van der Waals surface area contributed by atoms with Gasteiger partial charge in [0.05, 0.1) is 19.1 Å². The van der Waals surface area contributed by atoms with E-state index in [-0.39, 0.29) is 5.92 Å². The van der Waals surface area contributed by atoms with Crippen molar-refractivity contribution >= 4 is 15.9 Å². The Morgan fingerprint density at radius 2 is 1.83 bits per heavy atom. The molecule has 0 aromatic heterocycles. The largest absolute Gasteiger partial charge is 0.496 e. The maximum Gasteiger partial charge on any atom is 0.125 e. The van der Waals surface area contributed by atoms with Crippen LogP contribution in [-0.4, -0.2) is 7.11 Å². The number of nitrogens with zero attached hydrogens (tertiary/aromatic N) is 1. The highest BCUT2D eigenvalue weighted by Crippen LogP contribution is 2.37. The molecule has 2 nitrogen and oxygen atoms in total. The van der Waals surface area contributed by atoms with Crippen molar-refractivity contribution in [1.82, 2.24) is 0 Å². The van der Waals surface area contributed by atoms with Gasteiger partial charge in [-0.25, -0.2) is 0 Å². The average Bonchev–Trinajstić information content (AvgIpc) is 2.39. The second kappa shape index (κ2) is 6.24. The van der Waals surface area contributed by atoms with Gasteiger partial charge in [0.25, 0.3) is 0 Å². The molecular weight excluding hydrogens is 290 g/mol. The molecule has 0 heterocycles. The lowest BCUT2D eigenvalue weighted by atomic mass is 9.91. The fourth-order valence-corrected chi connectivity index (χ4v) is 2.73. The summed E-state index contributed by atoms with van der Waals surface area (Å²) in [4.78, 5) is 0. The van der Waals surface area contributed by atoms with Crippen LogP contribution in [0.25, 0.3) is 0 Å². The maximum atomic E-state index is 9.13. The van der Waals surface area contributed by atoms with Crippen molar-refractivity contribution in [3.05, 3.63) is 26.7 Å². The smallest absolute Gasteiger partial charge is 0.125 e. The van der Waals surface area contributed by atoms with Crippen molar-refractivity contribution in [1.29, 1.82) is 5.26 Å². The van der Waals surface area contributed by atoms with Crippen LogP contribution < -0.4 is 4.74 Å². The van der Waals surface area contributed by atoms with E-state index in [1.54, 1.807) is 7.11 Å². The predicted molar refractivity (Wildman–Crippen MR) is 78.0 cm³/mol. The van der Waals surface area contributed by atoms with Crippen LogP contribution in [0.15, 0.2) is 4.47 Å². The summed E-state index contributed by atoms with van der Waals surface area (Å²) in [5, 5.41) is 9.13. The van der Waals surface area contributed by atoms with E-state index in [1.807, 2.05) is 6.92 Å². The summed E-state index contributed by atoms with van der Waals surface area (Å²) in [6.45, 7) is 8.28. The number of benzene rings is 1. The number of methoxy groups -OCH3 is 1. The van der Waals surface area contributed by atoms with E-state index in [4.69, 9.17) is 10.00 Å². The third kappa shape index (κ3) is 2.70. The molecule has 0 aliphatic rings. The van der Waals surface area contributed by atoms with E-state index < -0.39 is 0 Å². The molecule has 0 saturated heterocycles. The summed E-state index contributed by atoms with van der Waals surface area (Å²) >= 11 is 3.64. The first-order valence-corrected chi connectivity index (χ1v) is 6.98. The lowest BCUT2D eigenvalue weighted by molar-refractivity contribution is 0.402. The highest BCUT2D eigenvalue weighted by atomic mass is 79.9. The topological polar surface area (TPSA) is 33.0 Å². The van der Waals surface area contributed by atoms with E-state index in [0.29, 0.717) is 0 Å². The molecule has 0 fully saturated rings. The Morgan fingerprint density at radius 3 is 2.28 bits per heavy atom. The number of nitriles is 1. The van der Waals surface area contributed by atoms with Crippen LogP contribution >= 0.6 is 15.9 Å². The van der Waals surface area contributed by atoms with Gasteiger partial charge in [-0.3, -0.25) is 0 Å². The molecule has 1 atom stereocenters. The molecule has 0 saturated carbocycles. The minimum absolute atomic E-state index is 0.0478. The highest BCUT2D eigenvalue weighted by molar-refractivity contribution is 9.10. The molecule has 98 valence electrons. The third-order valence-corrected chi connectivity index (χ3v) is 4.81. The summed E-state index contributed by atoms with van der Waals surface area (Å²) in [6, 6.07) is 2.36. The number of hydrogen-bond donors (Lipinski definition) is 0. The van der Waals surface area contributed by atoms with Gasteiger partial charge in [-0.2, -0.15) is 5.26 Å². The zero-order valence-electron chi connectivity index (χ0n) is 11.7. The molecular formula is C15H20BrNO. The SMILES string of the molecule is CCC(C#N)Cc1c(C)c(Br)c(C)c(C)c1OC. The molecule has 0 bridgehead atoms. The molecule has 0 aliphatic carbocycles. The van der Waals surface area contributed by atoms with Crippen LogP contribution in [0.3, 0.4) is 0 Å². The van der Waals surface area contributed by atoms with Crippen molar-refractivity contribution in [3.8, 4) is 11.8 Å². The van der Waals surface area contributed by atoms with Crippen LogP contribution in [0.2, 0.25) is 0 Å². The summed E-state index contributed by atoms with van der Waals surface area (Å²) in [5.74, 6) is 0.980. The standard InChI is InChI=1S/C15H20BrNO/c1-6-12(8-17)7-13-11(4)14(16)9(2)10(3)15(13)18-5/h12H,6-7H2,1-5H3. The van der Waals surface area contributed by atoms with Gasteiger partial charge in [-0.05, 0) is 55.9 Å². The van der Waals surface area contributed by atoms with Gasteiger partial charge in [0, 0.05) is 4.47 Å². The van der Waals surface area contributed by atoms with E-state index in [9.17, 15) is 0 Å². The van der Waals surface area contributed by atoms with E-state index in [1.165, 1.54) is 11.1 Å². The van der Waals surface area contributed by atoms with Gasteiger partial charge in [-0.15, -0.1) is 0 Å². The number of ether oxygens (including phenoxy) is 1. The average molecular weight is 310 g/mol. The molecule has 1 unspecified atom stereocenters. The first kappa shape index (κ1) is 15.0. The lowest BCUT2D eigenvalue weighted by Crippen LogP contribution is -2.07. The zero-order chi connectivity index (χ0) is 13.9. The third-order valence-electron chi connectivity index (χ3n) is 3.62. The van der Waals surface area contributed by atoms with Crippen LogP contribution in [0.5, 0.6) is 5.75 Å². The normalized spacial score (nSPS) is 12.1. The van der Waals surface area contributed by atoms with Crippen molar-refractivity contribution in [3.63, 3.8) is 0 Å². The number of rotatable bonds is 4. The van der Waals surface area contributed by atoms with Crippen molar-refractivity contribution < 1.29 is 4.74 Å². The Morgan fingerprint density at radius 1 is 1.22 bits per heavy atom. The Labute approximate surface area is 118 Å². The molecule has 1 aromatic carbocycles. The van der Waals surface area contributed by atoms with Crippen LogP contribution in [0, 0.1) is 38.0 Å². The predicted octanol–water partition coefficient (Wildman–Crippen LogP) is 4.48. The fraction of sp³-hybridized carbons (Fsp3) is 0.533. The molecule has 18 heavy (non-hydrogen) atoms. The monoisotopic (exact) mass is 309 g/mol. The first-order chi connectivity index (χ1) is 8.47. The number of halogens is 1.